The van der Waals surface area contributed by atoms with Gasteiger partial charge >= 0.3 is 5.69 Å². The summed E-state index contributed by atoms with van der Waals surface area (Å²) in [5.41, 5.74) is -0.0645. The molecule has 1 aliphatic heterocycles. The van der Waals surface area contributed by atoms with Crippen LogP contribution in [0.2, 0.25) is 0 Å². The summed E-state index contributed by atoms with van der Waals surface area (Å²) in [5.74, 6) is 0. The van der Waals surface area contributed by atoms with Crippen molar-refractivity contribution in [1.29, 1.82) is 0 Å². The van der Waals surface area contributed by atoms with Crippen molar-refractivity contribution in [3.05, 3.63) is 22.5 Å². The summed E-state index contributed by atoms with van der Waals surface area (Å²) in [6, 6.07) is 0.501. The lowest BCUT2D eigenvalue weighted by molar-refractivity contribution is -0.385. The number of aliphatic hydroxyl groups is 1. The average molecular weight is 284 g/mol. The van der Waals surface area contributed by atoms with Crippen LogP contribution < -0.4 is 0 Å². The van der Waals surface area contributed by atoms with E-state index in [1.807, 2.05) is 0 Å². The van der Waals surface area contributed by atoms with Crippen LogP contribution in [0.5, 0.6) is 0 Å². The number of aromatic nitrogens is 2. The Kier molecular flexibility index (Phi) is 4.69. The van der Waals surface area contributed by atoms with E-state index in [4.69, 9.17) is 4.74 Å². The zero-order chi connectivity index (χ0) is 14.7. The molecule has 8 nitrogen and oxygen atoms in total. The summed E-state index contributed by atoms with van der Waals surface area (Å²) in [6.07, 6.45) is 1.89. The highest BCUT2D eigenvalue weighted by atomic mass is 16.6. The maximum atomic E-state index is 10.6. The highest BCUT2D eigenvalue weighted by molar-refractivity contribution is 5.20. The van der Waals surface area contributed by atoms with Gasteiger partial charge in [-0.25, -0.2) is 0 Å². The van der Waals surface area contributed by atoms with Crippen molar-refractivity contribution in [1.82, 2.24) is 14.7 Å². The van der Waals surface area contributed by atoms with E-state index >= 15 is 0 Å². The molecule has 0 saturated carbocycles. The molecule has 0 spiro atoms. The summed E-state index contributed by atoms with van der Waals surface area (Å²) in [6.45, 7) is 6.17. The number of β-amino-alcohol motifs (C(OH)–C–C–N with tert-alkyl or cyclic N) is 1. The molecule has 20 heavy (non-hydrogen) atoms. The van der Waals surface area contributed by atoms with Gasteiger partial charge in [-0.05, 0) is 13.8 Å². The van der Waals surface area contributed by atoms with Crippen molar-refractivity contribution >= 4 is 5.69 Å². The Morgan fingerprint density at radius 3 is 2.70 bits per heavy atom. The molecule has 0 aromatic carbocycles. The third-order valence-electron chi connectivity index (χ3n) is 3.50. The van der Waals surface area contributed by atoms with Gasteiger partial charge in [0.25, 0.3) is 0 Å². The fourth-order valence-corrected chi connectivity index (χ4v) is 2.46. The number of aliphatic hydroxyl groups excluding tert-OH is 1. The molecule has 1 N–H and O–H groups in total. The van der Waals surface area contributed by atoms with Crippen molar-refractivity contribution in [3.8, 4) is 0 Å². The Labute approximate surface area is 117 Å². The quantitative estimate of drug-likeness (QED) is 0.616. The van der Waals surface area contributed by atoms with Crippen LogP contribution in [0.4, 0.5) is 5.69 Å². The van der Waals surface area contributed by atoms with Crippen LogP contribution in [-0.2, 0) is 11.3 Å². The van der Waals surface area contributed by atoms with Gasteiger partial charge in [0.15, 0.2) is 0 Å². The van der Waals surface area contributed by atoms with E-state index in [0.29, 0.717) is 19.8 Å². The predicted molar refractivity (Wildman–Crippen MR) is 71.3 cm³/mol. The number of morpholine rings is 1. The highest BCUT2D eigenvalue weighted by Gasteiger charge is 2.27. The molecule has 1 saturated heterocycles. The maximum absolute atomic E-state index is 10.6. The molecule has 0 amide bonds. The fourth-order valence-electron chi connectivity index (χ4n) is 2.46. The Bertz CT molecular complexity index is 454. The van der Waals surface area contributed by atoms with Crippen molar-refractivity contribution in [2.24, 2.45) is 0 Å². The third-order valence-corrected chi connectivity index (χ3v) is 3.50. The monoisotopic (exact) mass is 284 g/mol. The van der Waals surface area contributed by atoms with Crippen LogP contribution in [0.15, 0.2) is 12.4 Å². The molecular formula is C12H20N4O4. The second kappa shape index (κ2) is 6.29. The summed E-state index contributed by atoms with van der Waals surface area (Å²) >= 11 is 0. The number of hydrogen-bond acceptors (Lipinski definition) is 6. The number of rotatable bonds is 5. The second-order valence-electron chi connectivity index (χ2n) is 5.26. The highest BCUT2D eigenvalue weighted by Crippen LogP contribution is 2.14. The summed E-state index contributed by atoms with van der Waals surface area (Å²) in [4.78, 5) is 12.3. The predicted octanol–water partition coefficient (Wildman–Crippen LogP) is 0.261. The van der Waals surface area contributed by atoms with Gasteiger partial charge in [0.2, 0.25) is 0 Å². The molecule has 3 unspecified atom stereocenters. The standard InChI is InChI=1S/C12H20N4O4/c1-9-7-20-8-10(2)15(9)6-12(17)5-14-4-11(3-13-14)16(18)19/h3-4,9-10,12,17H,5-8H2,1-2H3. The van der Waals surface area contributed by atoms with Crippen molar-refractivity contribution in [2.45, 2.75) is 38.6 Å². The Morgan fingerprint density at radius 2 is 2.15 bits per heavy atom. The van der Waals surface area contributed by atoms with Crippen molar-refractivity contribution in [2.75, 3.05) is 19.8 Å². The van der Waals surface area contributed by atoms with Crippen LogP contribution in [0.3, 0.4) is 0 Å². The minimum atomic E-state index is -0.627. The summed E-state index contributed by atoms with van der Waals surface area (Å²) in [7, 11) is 0. The summed E-state index contributed by atoms with van der Waals surface area (Å²) in [5, 5.41) is 24.6. The van der Waals surface area contributed by atoms with Gasteiger partial charge in [0.05, 0.1) is 30.8 Å². The van der Waals surface area contributed by atoms with Crippen LogP contribution >= 0.6 is 0 Å². The topological polar surface area (TPSA) is 93.7 Å². The molecule has 112 valence electrons. The fraction of sp³-hybridized carbons (Fsp3) is 0.750. The van der Waals surface area contributed by atoms with E-state index in [1.165, 1.54) is 17.1 Å². The Balaban J connectivity index is 1.90. The lowest BCUT2D eigenvalue weighted by Gasteiger charge is -2.39. The molecular weight excluding hydrogens is 264 g/mol. The molecule has 0 radical (unpaired) electrons. The van der Waals surface area contributed by atoms with Gasteiger partial charge in [-0.15, -0.1) is 0 Å². The van der Waals surface area contributed by atoms with Gasteiger partial charge in [0.1, 0.15) is 12.4 Å². The van der Waals surface area contributed by atoms with Crippen molar-refractivity contribution < 1.29 is 14.8 Å². The molecule has 8 heteroatoms. The first-order valence-corrected chi connectivity index (χ1v) is 6.65. The number of ether oxygens (including phenoxy) is 1. The smallest absolute Gasteiger partial charge is 0.306 e. The number of nitrogens with zero attached hydrogens (tertiary/aromatic N) is 4. The van der Waals surface area contributed by atoms with Gasteiger partial charge < -0.3 is 9.84 Å². The van der Waals surface area contributed by atoms with Gasteiger partial charge in [-0.2, -0.15) is 5.10 Å². The number of nitro groups is 1. The van der Waals surface area contributed by atoms with Crippen LogP contribution in [-0.4, -0.2) is 62.7 Å². The van der Waals surface area contributed by atoms with E-state index in [2.05, 4.69) is 23.8 Å². The SMILES string of the molecule is CC1COCC(C)N1CC(O)Cn1cc([N+](=O)[O-])cn1. The van der Waals surface area contributed by atoms with Gasteiger partial charge in [-0.3, -0.25) is 19.7 Å². The van der Waals surface area contributed by atoms with Crippen LogP contribution in [0.25, 0.3) is 0 Å². The van der Waals surface area contributed by atoms with Crippen LogP contribution in [0.1, 0.15) is 13.8 Å². The number of hydrogen-bond donors (Lipinski definition) is 1. The maximum Gasteiger partial charge on any atom is 0.306 e. The lowest BCUT2D eigenvalue weighted by atomic mass is 10.1. The van der Waals surface area contributed by atoms with Crippen LogP contribution in [0, 0.1) is 10.1 Å². The van der Waals surface area contributed by atoms with E-state index in [0.717, 1.165) is 0 Å². The molecule has 0 aliphatic carbocycles. The molecule has 1 aromatic heterocycles. The normalized spacial score (nSPS) is 25.6. The van der Waals surface area contributed by atoms with E-state index < -0.39 is 11.0 Å². The minimum Gasteiger partial charge on any atom is -0.390 e. The molecule has 1 aliphatic rings. The molecule has 1 fully saturated rings. The molecule has 1 aromatic rings. The van der Waals surface area contributed by atoms with E-state index in [1.54, 1.807) is 0 Å². The molecule has 3 atom stereocenters. The van der Waals surface area contributed by atoms with Gasteiger partial charge in [-0.1, -0.05) is 0 Å². The first kappa shape index (κ1) is 14.9. The Hall–Kier alpha value is -1.51. The average Bonchev–Trinajstić information content (AvgIpc) is 2.82. The summed E-state index contributed by atoms with van der Waals surface area (Å²) < 4.78 is 6.84. The van der Waals surface area contributed by atoms with Crippen molar-refractivity contribution in [3.63, 3.8) is 0 Å². The first-order valence-electron chi connectivity index (χ1n) is 6.65. The lowest BCUT2D eigenvalue weighted by Crippen LogP contribution is -2.52. The van der Waals surface area contributed by atoms with E-state index in [9.17, 15) is 15.2 Å². The van der Waals surface area contributed by atoms with Gasteiger partial charge in [0, 0.05) is 18.6 Å². The minimum absolute atomic E-state index is 0.0645. The van der Waals surface area contributed by atoms with E-state index in [-0.39, 0.29) is 24.3 Å². The zero-order valence-electron chi connectivity index (χ0n) is 11.7. The zero-order valence-corrected chi connectivity index (χ0v) is 11.7. The molecule has 2 heterocycles. The third kappa shape index (κ3) is 3.53. The Morgan fingerprint density at radius 1 is 1.50 bits per heavy atom. The molecule has 0 bridgehead atoms. The second-order valence-corrected chi connectivity index (χ2v) is 5.26. The largest absolute Gasteiger partial charge is 0.390 e. The first-order chi connectivity index (χ1) is 9.47. The molecule has 2 rings (SSSR count).